The molecule has 18 heavy (non-hydrogen) atoms. The van der Waals surface area contributed by atoms with Gasteiger partial charge in [0.05, 0.1) is 17.7 Å². The van der Waals surface area contributed by atoms with Crippen LogP contribution in [0.1, 0.15) is 10.4 Å². The van der Waals surface area contributed by atoms with Gasteiger partial charge >= 0.3 is 5.97 Å². The lowest BCUT2D eigenvalue weighted by Gasteiger charge is -2.13. The van der Waals surface area contributed by atoms with E-state index in [-0.39, 0.29) is 9.77 Å². The summed E-state index contributed by atoms with van der Waals surface area (Å²) in [5.74, 6) is -1.24. The standard InChI is InChI=1S/C9H7N3O4S2/c10-1-3-12(4-2-11)18(15,16)8-5-7(6-17-8)9(13)14/h5-6H,3-4H2,(H,13,14). The number of rotatable bonds is 5. The Hall–Kier alpha value is -1.94. The van der Waals surface area contributed by atoms with E-state index in [0.717, 1.165) is 17.4 Å². The van der Waals surface area contributed by atoms with Crippen molar-refractivity contribution in [2.24, 2.45) is 0 Å². The highest BCUT2D eigenvalue weighted by atomic mass is 32.2. The van der Waals surface area contributed by atoms with Crippen LogP contribution in [0.25, 0.3) is 0 Å². The zero-order valence-electron chi connectivity index (χ0n) is 8.90. The monoisotopic (exact) mass is 285 g/mol. The molecule has 1 heterocycles. The fourth-order valence-electron chi connectivity index (χ4n) is 1.07. The smallest absolute Gasteiger partial charge is 0.336 e. The Balaban J connectivity index is 3.15. The minimum atomic E-state index is -3.99. The number of nitrogens with zero attached hydrogens (tertiary/aromatic N) is 3. The second-order valence-corrected chi connectivity index (χ2v) is 6.12. The molecule has 0 atom stereocenters. The van der Waals surface area contributed by atoms with Gasteiger partial charge in [-0.2, -0.15) is 14.8 Å². The van der Waals surface area contributed by atoms with Crippen LogP contribution in [0.4, 0.5) is 0 Å². The zero-order valence-corrected chi connectivity index (χ0v) is 10.5. The number of aromatic carboxylic acids is 1. The molecule has 1 rings (SSSR count). The Morgan fingerprint density at radius 2 is 1.94 bits per heavy atom. The molecule has 0 aliphatic carbocycles. The van der Waals surface area contributed by atoms with Gasteiger partial charge in [-0.3, -0.25) is 0 Å². The molecule has 0 aliphatic rings. The van der Waals surface area contributed by atoms with Crippen LogP contribution in [-0.2, 0) is 10.0 Å². The molecule has 0 spiro atoms. The Morgan fingerprint density at radius 3 is 2.33 bits per heavy atom. The second-order valence-electron chi connectivity index (χ2n) is 3.05. The van der Waals surface area contributed by atoms with Gasteiger partial charge in [0, 0.05) is 5.38 Å². The predicted octanol–water partition coefficient (Wildman–Crippen LogP) is 0.484. The van der Waals surface area contributed by atoms with Crippen molar-refractivity contribution in [2.75, 3.05) is 13.1 Å². The summed E-state index contributed by atoms with van der Waals surface area (Å²) in [5, 5.41) is 26.9. The van der Waals surface area contributed by atoms with Crippen LogP contribution in [-0.4, -0.2) is 36.9 Å². The number of nitriles is 2. The molecule has 1 N–H and O–H groups in total. The van der Waals surface area contributed by atoms with Gasteiger partial charge in [0.15, 0.2) is 0 Å². The van der Waals surface area contributed by atoms with Crippen molar-refractivity contribution in [3.63, 3.8) is 0 Å². The van der Waals surface area contributed by atoms with Gasteiger partial charge in [0.25, 0.3) is 10.0 Å². The number of thiophene rings is 1. The maximum Gasteiger partial charge on any atom is 0.336 e. The Labute approximate surface area is 107 Å². The highest BCUT2D eigenvalue weighted by Gasteiger charge is 2.26. The van der Waals surface area contributed by atoms with Crippen molar-refractivity contribution in [3.05, 3.63) is 17.0 Å². The van der Waals surface area contributed by atoms with Gasteiger partial charge in [-0.1, -0.05) is 0 Å². The SMILES string of the molecule is N#CCN(CC#N)S(=O)(=O)c1cc(C(=O)O)cs1. The summed E-state index contributed by atoms with van der Waals surface area (Å²) in [7, 11) is -3.99. The fourth-order valence-corrected chi connectivity index (χ4v) is 3.61. The Kier molecular flexibility index (Phi) is 4.39. The highest BCUT2D eigenvalue weighted by molar-refractivity contribution is 7.91. The molecular formula is C9H7N3O4S2. The third-order valence-electron chi connectivity index (χ3n) is 1.91. The predicted molar refractivity (Wildman–Crippen MR) is 61.3 cm³/mol. The molecule has 0 radical (unpaired) electrons. The van der Waals surface area contributed by atoms with Crippen LogP contribution >= 0.6 is 11.3 Å². The summed E-state index contributed by atoms with van der Waals surface area (Å²) < 4.78 is 24.5. The molecule has 0 aliphatic heterocycles. The van der Waals surface area contributed by atoms with E-state index in [9.17, 15) is 13.2 Å². The van der Waals surface area contributed by atoms with E-state index in [4.69, 9.17) is 15.6 Å². The second kappa shape index (κ2) is 5.60. The molecule has 1 aromatic rings. The first-order valence-electron chi connectivity index (χ1n) is 4.49. The maximum absolute atomic E-state index is 12.0. The van der Waals surface area contributed by atoms with Crippen molar-refractivity contribution >= 4 is 27.3 Å². The third-order valence-corrected chi connectivity index (χ3v) is 5.12. The summed E-state index contributed by atoms with van der Waals surface area (Å²) in [6.45, 7) is -0.924. The summed E-state index contributed by atoms with van der Waals surface area (Å²) in [4.78, 5) is 10.7. The number of carbonyl (C=O) groups is 1. The first kappa shape index (κ1) is 14.1. The molecule has 0 fully saturated rings. The van der Waals surface area contributed by atoms with Gasteiger partial charge in [0.1, 0.15) is 17.3 Å². The lowest BCUT2D eigenvalue weighted by atomic mass is 10.4. The van der Waals surface area contributed by atoms with Crippen LogP contribution in [0, 0.1) is 22.7 Å². The molecule has 0 bridgehead atoms. The topological polar surface area (TPSA) is 122 Å². The average Bonchev–Trinajstić information content (AvgIpc) is 2.78. The quantitative estimate of drug-likeness (QED) is 0.785. The van der Waals surface area contributed by atoms with Crippen molar-refractivity contribution in [2.45, 2.75) is 4.21 Å². The van der Waals surface area contributed by atoms with Crippen molar-refractivity contribution in [1.82, 2.24) is 4.31 Å². The highest BCUT2D eigenvalue weighted by Crippen LogP contribution is 2.23. The molecule has 0 unspecified atom stereocenters. The van der Waals surface area contributed by atoms with Gasteiger partial charge in [-0.25, -0.2) is 13.2 Å². The normalized spacial score (nSPS) is 10.8. The van der Waals surface area contributed by atoms with E-state index in [0.29, 0.717) is 4.31 Å². The summed E-state index contributed by atoms with van der Waals surface area (Å²) in [5.41, 5.74) is -0.146. The lowest BCUT2D eigenvalue weighted by Crippen LogP contribution is -2.31. The minimum Gasteiger partial charge on any atom is -0.478 e. The zero-order chi connectivity index (χ0) is 13.8. The number of carboxylic acids is 1. The molecule has 0 saturated heterocycles. The van der Waals surface area contributed by atoms with Gasteiger partial charge in [-0.05, 0) is 6.07 Å². The molecule has 0 aromatic carbocycles. The van der Waals surface area contributed by atoms with Crippen LogP contribution < -0.4 is 0 Å². The maximum atomic E-state index is 12.0. The van der Waals surface area contributed by atoms with E-state index in [1.165, 1.54) is 5.38 Å². The lowest BCUT2D eigenvalue weighted by molar-refractivity contribution is 0.0697. The Bertz CT molecular complexity index is 620. The van der Waals surface area contributed by atoms with E-state index in [1.807, 2.05) is 0 Å². The van der Waals surface area contributed by atoms with E-state index in [1.54, 1.807) is 12.1 Å². The Morgan fingerprint density at radius 1 is 1.39 bits per heavy atom. The summed E-state index contributed by atoms with van der Waals surface area (Å²) in [6.07, 6.45) is 0. The number of carboxylic acid groups (broad SMARTS) is 1. The van der Waals surface area contributed by atoms with Gasteiger partial charge in [0.2, 0.25) is 0 Å². The minimum absolute atomic E-state index is 0.146. The molecular weight excluding hydrogens is 278 g/mol. The summed E-state index contributed by atoms with van der Waals surface area (Å²) >= 11 is 0.736. The van der Waals surface area contributed by atoms with E-state index < -0.39 is 29.1 Å². The first-order valence-corrected chi connectivity index (χ1v) is 6.81. The fraction of sp³-hybridized carbons (Fsp3) is 0.222. The van der Waals surface area contributed by atoms with Crippen LogP contribution in [0.5, 0.6) is 0 Å². The summed E-state index contributed by atoms with van der Waals surface area (Å²) in [6, 6.07) is 4.29. The van der Waals surface area contributed by atoms with Crippen LogP contribution in [0.3, 0.4) is 0 Å². The molecule has 7 nitrogen and oxygen atoms in total. The largest absolute Gasteiger partial charge is 0.478 e. The van der Waals surface area contributed by atoms with Crippen LogP contribution in [0.2, 0.25) is 0 Å². The van der Waals surface area contributed by atoms with Gasteiger partial charge < -0.3 is 5.11 Å². The molecule has 1 aromatic heterocycles. The van der Waals surface area contributed by atoms with E-state index >= 15 is 0 Å². The number of sulfonamides is 1. The van der Waals surface area contributed by atoms with E-state index in [2.05, 4.69) is 0 Å². The average molecular weight is 285 g/mol. The number of hydrogen-bond donors (Lipinski definition) is 1. The van der Waals surface area contributed by atoms with Crippen molar-refractivity contribution < 1.29 is 18.3 Å². The number of hydrogen-bond acceptors (Lipinski definition) is 6. The third kappa shape index (κ3) is 2.84. The molecule has 0 saturated carbocycles. The van der Waals surface area contributed by atoms with Crippen molar-refractivity contribution in [1.29, 1.82) is 10.5 Å². The molecule has 9 heteroatoms. The van der Waals surface area contributed by atoms with Gasteiger partial charge in [-0.15, -0.1) is 11.3 Å². The first-order chi connectivity index (χ1) is 8.43. The van der Waals surface area contributed by atoms with Crippen LogP contribution in [0.15, 0.2) is 15.7 Å². The molecule has 94 valence electrons. The molecule has 0 amide bonds. The van der Waals surface area contributed by atoms with Crippen molar-refractivity contribution in [3.8, 4) is 12.1 Å².